The Morgan fingerprint density at radius 1 is 1.18 bits per heavy atom. The molecular weight excluding hydrogens is 284 g/mol. The maximum Gasteiger partial charge on any atom is 0.220 e. The second-order valence-corrected chi connectivity index (χ2v) is 5.15. The van der Waals surface area contributed by atoms with Gasteiger partial charge in [0.15, 0.2) is 11.5 Å². The summed E-state index contributed by atoms with van der Waals surface area (Å²) in [6, 6.07) is 3.81. The van der Waals surface area contributed by atoms with Crippen LogP contribution in [0.5, 0.6) is 17.2 Å². The predicted octanol–water partition coefficient (Wildman–Crippen LogP) is 1.50. The molecule has 0 fully saturated rings. The first-order valence-electron chi connectivity index (χ1n) is 7.33. The number of nitrogens with two attached hydrogens (primary N) is 1. The smallest absolute Gasteiger partial charge is 0.220 e. The molecule has 1 aromatic carbocycles. The highest BCUT2D eigenvalue weighted by molar-refractivity contribution is 5.76. The Morgan fingerprint density at radius 3 is 2.23 bits per heavy atom. The molecule has 0 aliphatic rings. The number of carbonyl (C=O) groups excluding carboxylic acids is 1. The predicted molar refractivity (Wildman–Crippen MR) is 85.7 cm³/mol. The van der Waals surface area contributed by atoms with E-state index >= 15 is 0 Å². The lowest BCUT2D eigenvalue weighted by Crippen LogP contribution is -2.29. The van der Waals surface area contributed by atoms with Crippen LogP contribution in [0.15, 0.2) is 12.1 Å². The van der Waals surface area contributed by atoms with Crippen LogP contribution in [0.25, 0.3) is 0 Å². The minimum atomic E-state index is 0.00871. The third-order valence-corrected chi connectivity index (χ3v) is 3.29. The monoisotopic (exact) mass is 310 g/mol. The van der Waals surface area contributed by atoms with E-state index in [1.165, 1.54) is 0 Å². The third-order valence-electron chi connectivity index (χ3n) is 3.29. The molecule has 0 aliphatic carbocycles. The lowest BCUT2D eigenvalue weighted by molar-refractivity contribution is -0.121. The summed E-state index contributed by atoms with van der Waals surface area (Å²) in [5.41, 5.74) is 6.60. The molecule has 0 heterocycles. The van der Waals surface area contributed by atoms with E-state index in [1.807, 2.05) is 19.1 Å². The van der Waals surface area contributed by atoms with Gasteiger partial charge < -0.3 is 25.3 Å². The van der Waals surface area contributed by atoms with E-state index in [-0.39, 0.29) is 11.9 Å². The van der Waals surface area contributed by atoms with Crippen molar-refractivity contribution in [1.29, 1.82) is 0 Å². The minimum absolute atomic E-state index is 0.00871. The summed E-state index contributed by atoms with van der Waals surface area (Å²) in [6.45, 7) is 2.52. The van der Waals surface area contributed by atoms with Crippen LogP contribution in [0.4, 0.5) is 0 Å². The maximum atomic E-state index is 11.8. The first-order valence-corrected chi connectivity index (χ1v) is 7.33. The van der Waals surface area contributed by atoms with Gasteiger partial charge in [-0.2, -0.15) is 0 Å². The van der Waals surface area contributed by atoms with Crippen LogP contribution in [0.2, 0.25) is 0 Å². The summed E-state index contributed by atoms with van der Waals surface area (Å²) in [5.74, 6) is 1.74. The number of aryl methyl sites for hydroxylation is 1. The van der Waals surface area contributed by atoms with Crippen LogP contribution in [-0.4, -0.2) is 39.8 Å². The number of methoxy groups -OCH3 is 3. The van der Waals surface area contributed by atoms with Gasteiger partial charge in [0, 0.05) is 19.0 Å². The van der Waals surface area contributed by atoms with E-state index in [0.29, 0.717) is 36.6 Å². The average molecular weight is 310 g/mol. The third kappa shape index (κ3) is 5.44. The SMILES string of the molecule is COc1cc(CCC(=O)NCCC(C)N)cc(OC)c1OC. The molecule has 1 aromatic rings. The van der Waals surface area contributed by atoms with E-state index in [9.17, 15) is 4.79 Å². The quantitative estimate of drug-likeness (QED) is 0.722. The number of benzene rings is 1. The molecule has 0 spiro atoms. The Hall–Kier alpha value is -1.95. The fraction of sp³-hybridized carbons (Fsp3) is 0.562. The number of hydrogen-bond acceptors (Lipinski definition) is 5. The molecule has 0 aliphatic heterocycles. The number of hydrogen-bond donors (Lipinski definition) is 2. The van der Waals surface area contributed by atoms with Gasteiger partial charge in [-0.3, -0.25) is 4.79 Å². The summed E-state index contributed by atoms with van der Waals surface area (Å²) >= 11 is 0. The van der Waals surface area contributed by atoms with Crippen molar-refractivity contribution in [2.45, 2.75) is 32.2 Å². The van der Waals surface area contributed by atoms with E-state index in [0.717, 1.165) is 12.0 Å². The van der Waals surface area contributed by atoms with Crippen molar-refractivity contribution < 1.29 is 19.0 Å². The highest BCUT2D eigenvalue weighted by Gasteiger charge is 2.13. The van der Waals surface area contributed by atoms with E-state index in [4.69, 9.17) is 19.9 Å². The topological polar surface area (TPSA) is 82.8 Å². The zero-order chi connectivity index (χ0) is 16.5. The van der Waals surface area contributed by atoms with Crippen LogP contribution in [0.3, 0.4) is 0 Å². The van der Waals surface area contributed by atoms with Gasteiger partial charge in [0.2, 0.25) is 11.7 Å². The molecule has 124 valence electrons. The summed E-state index contributed by atoms with van der Waals surface area (Å²) in [5, 5.41) is 2.86. The first-order chi connectivity index (χ1) is 10.5. The van der Waals surface area contributed by atoms with E-state index < -0.39 is 0 Å². The summed E-state index contributed by atoms with van der Waals surface area (Å²) < 4.78 is 15.9. The molecule has 6 heteroatoms. The van der Waals surface area contributed by atoms with Crippen molar-refractivity contribution in [3.63, 3.8) is 0 Å². The summed E-state index contributed by atoms with van der Waals surface area (Å²) in [6.07, 6.45) is 1.77. The van der Waals surface area contributed by atoms with E-state index in [1.54, 1.807) is 21.3 Å². The molecule has 22 heavy (non-hydrogen) atoms. The Bertz CT molecular complexity index is 464. The Labute approximate surface area is 131 Å². The van der Waals surface area contributed by atoms with Crippen LogP contribution < -0.4 is 25.3 Å². The van der Waals surface area contributed by atoms with Crippen molar-refractivity contribution in [2.75, 3.05) is 27.9 Å². The molecule has 0 saturated carbocycles. The highest BCUT2D eigenvalue weighted by Crippen LogP contribution is 2.38. The molecule has 3 N–H and O–H groups in total. The highest BCUT2D eigenvalue weighted by atomic mass is 16.5. The maximum absolute atomic E-state index is 11.8. The molecule has 1 unspecified atom stereocenters. The van der Waals surface area contributed by atoms with Crippen molar-refractivity contribution >= 4 is 5.91 Å². The van der Waals surface area contributed by atoms with Gasteiger partial charge in [-0.1, -0.05) is 0 Å². The van der Waals surface area contributed by atoms with Crippen LogP contribution in [-0.2, 0) is 11.2 Å². The fourth-order valence-electron chi connectivity index (χ4n) is 2.07. The van der Waals surface area contributed by atoms with Crippen LogP contribution in [0, 0.1) is 0 Å². The molecular formula is C16H26N2O4. The lowest BCUT2D eigenvalue weighted by Gasteiger charge is -2.14. The molecule has 1 atom stereocenters. The van der Waals surface area contributed by atoms with Crippen molar-refractivity contribution in [2.24, 2.45) is 5.73 Å². The minimum Gasteiger partial charge on any atom is -0.493 e. The second-order valence-electron chi connectivity index (χ2n) is 5.15. The van der Waals surface area contributed by atoms with Gasteiger partial charge in [0.05, 0.1) is 21.3 Å². The second kappa shape index (κ2) is 9.15. The molecule has 1 rings (SSSR count). The molecule has 6 nitrogen and oxygen atoms in total. The van der Waals surface area contributed by atoms with Crippen LogP contribution in [0.1, 0.15) is 25.3 Å². The van der Waals surface area contributed by atoms with Crippen LogP contribution >= 0.6 is 0 Å². The Morgan fingerprint density at radius 2 is 1.77 bits per heavy atom. The largest absolute Gasteiger partial charge is 0.493 e. The van der Waals surface area contributed by atoms with Crippen molar-refractivity contribution in [1.82, 2.24) is 5.32 Å². The van der Waals surface area contributed by atoms with Gasteiger partial charge in [0.25, 0.3) is 0 Å². The molecule has 0 aromatic heterocycles. The zero-order valence-electron chi connectivity index (χ0n) is 13.8. The lowest BCUT2D eigenvalue weighted by atomic mass is 10.1. The number of amides is 1. The molecule has 0 radical (unpaired) electrons. The number of ether oxygens (including phenoxy) is 3. The Kier molecular flexibility index (Phi) is 7.52. The summed E-state index contributed by atoms with van der Waals surface area (Å²) in [7, 11) is 4.70. The summed E-state index contributed by atoms with van der Waals surface area (Å²) in [4.78, 5) is 11.8. The number of nitrogens with one attached hydrogen (secondary N) is 1. The van der Waals surface area contributed by atoms with Gasteiger partial charge in [-0.25, -0.2) is 0 Å². The normalized spacial score (nSPS) is 11.7. The molecule has 0 bridgehead atoms. The van der Waals surface area contributed by atoms with Gasteiger partial charge >= 0.3 is 0 Å². The van der Waals surface area contributed by atoms with E-state index in [2.05, 4.69) is 5.32 Å². The van der Waals surface area contributed by atoms with Gasteiger partial charge in [0.1, 0.15) is 0 Å². The fourth-order valence-corrected chi connectivity index (χ4v) is 2.07. The molecule has 0 saturated heterocycles. The average Bonchev–Trinajstić information content (AvgIpc) is 2.51. The number of rotatable bonds is 9. The zero-order valence-corrected chi connectivity index (χ0v) is 13.8. The van der Waals surface area contributed by atoms with Gasteiger partial charge in [-0.15, -0.1) is 0 Å². The van der Waals surface area contributed by atoms with Crippen molar-refractivity contribution in [3.8, 4) is 17.2 Å². The van der Waals surface area contributed by atoms with Gasteiger partial charge in [-0.05, 0) is 37.5 Å². The standard InChI is InChI=1S/C16H26N2O4/c1-11(17)7-8-18-15(19)6-5-12-9-13(20-2)16(22-4)14(10-12)21-3/h9-11H,5-8,17H2,1-4H3,(H,18,19). The van der Waals surface area contributed by atoms with Crippen molar-refractivity contribution in [3.05, 3.63) is 17.7 Å². The molecule has 1 amide bonds. The first kappa shape index (κ1) is 18.1. The number of carbonyl (C=O) groups is 1. The Balaban J connectivity index is 2.64.